The molecule has 0 spiro atoms. The van der Waals surface area contributed by atoms with Crippen LogP contribution in [0.4, 0.5) is 0 Å². The van der Waals surface area contributed by atoms with Crippen LogP contribution >= 0.6 is 0 Å². The van der Waals surface area contributed by atoms with E-state index < -0.39 is 10.8 Å². The van der Waals surface area contributed by atoms with E-state index in [0.29, 0.717) is 12.8 Å². The van der Waals surface area contributed by atoms with Crippen molar-refractivity contribution in [1.82, 2.24) is 0 Å². The Morgan fingerprint density at radius 2 is 0.754 bits per heavy atom. The summed E-state index contributed by atoms with van der Waals surface area (Å²) < 4.78 is 32.0. The minimum atomic E-state index is -0.420. The van der Waals surface area contributed by atoms with Crippen LogP contribution in [-0.4, -0.2) is 26.4 Å². The largest absolute Gasteiger partial charge is 0.496 e. The quantitative estimate of drug-likeness (QED) is 0.0982. The van der Waals surface area contributed by atoms with Crippen molar-refractivity contribution >= 4 is 0 Å². The van der Waals surface area contributed by atoms with E-state index in [4.69, 9.17) is 23.7 Å². The van der Waals surface area contributed by atoms with Crippen LogP contribution < -0.4 is 18.9 Å². The van der Waals surface area contributed by atoms with Gasteiger partial charge >= 0.3 is 0 Å². The van der Waals surface area contributed by atoms with Crippen molar-refractivity contribution in [2.45, 2.75) is 91.3 Å². The first kappa shape index (κ1) is 41.1. The lowest BCUT2D eigenvalue weighted by atomic mass is 9.73. The number of rotatable bonds is 16. The highest BCUT2D eigenvalue weighted by molar-refractivity contribution is 5.48. The SMILES string of the molecule is COc1c(C)cc(C(C)(C)C(Cc2cccc(Oc3ccccc3)c2)OC(Cc2cccc(Oc3ccccc3)c2)C(C)(C)c2cc(C)c(OC)c(C)c2)cc1C. The molecule has 5 nitrogen and oxygen atoms in total. The number of para-hydroxylation sites is 2. The molecule has 6 aromatic carbocycles. The van der Waals surface area contributed by atoms with E-state index in [9.17, 15) is 0 Å². The first-order valence-electron chi connectivity index (χ1n) is 19.9. The van der Waals surface area contributed by atoms with E-state index in [1.807, 2.05) is 72.8 Å². The predicted octanol–water partition coefficient (Wildman–Crippen LogP) is 13.0. The molecule has 6 aromatic rings. The first-order valence-corrected chi connectivity index (χ1v) is 19.9. The Morgan fingerprint density at radius 1 is 0.421 bits per heavy atom. The average Bonchev–Trinajstić information content (AvgIpc) is 3.18. The Bertz CT molecular complexity index is 2050. The van der Waals surface area contributed by atoms with Crippen LogP contribution in [0, 0.1) is 27.7 Å². The summed E-state index contributed by atoms with van der Waals surface area (Å²) in [5.74, 6) is 5.03. The maximum Gasteiger partial charge on any atom is 0.127 e. The van der Waals surface area contributed by atoms with Gasteiger partial charge in [0.2, 0.25) is 0 Å². The minimum Gasteiger partial charge on any atom is -0.496 e. The van der Waals surface area contributed by atoms with E-state index in [1.165, 1.54) is 11.1 Å². The van der Waals surface area contributed by atoms with Gasteiger partial charge in [0.05, 0.1) is 26.4 Å². The third-order valence-corrected chi connectivity index (χ3v) is 11.4. The predicted molar refractivity (Wildman–Crippen MR) is 233 cm³/mol. The van der Waals surface area contributed by atoms with Crippen LogP contribution in [-0.2, 0) is 28.4 Å². The highest BCUT2D eigenvalue weighted by atomic mass is 16.5. The van der Waals surface area contributed by atoms with Crippen LogP contribution in [0.2, 0.25) is 0 Å². The molecule has 0 saturated heterocycles. The fourth-order valence-corrected chi connectivity index (χ4v) is 7.95. The minimum absolute atomic E-state index is 0.245. The molecule has 0 aliphatic heterocycles. The van der Waals surface area contributed by atoms with Crippen molar-refractivity contribution in [3.05, 3.63) is 178 Å². The van der Waals surface area contributed by atoms with Crippen LogP contribution in [0.15, 0.2) is 133 Å². The molecule has 0 fully saturated rings. The average molecular weight is 763 g/mol. The molecule has 0 amide bonds. The van der Waals surface area contributed by atoms with Gasteiger partial charge in [-0.1, -0.05) is 113 Å². The summed E-state index contributed by atoms with van der Waals surface area (Å²) in [6, 6.07) is 45.7. The number of benzene rings is 6. The van der Waals surface area contributed by atoms with Crippen molar-refractivity contribution in [3.8, 4) is 34.5 Å². The smallest absolute Gasteiger partial charge is 0.127 e. The summed E-state index contributed by atoms with van der Waals surface area (Å²) in [6.07, 6.45) is 0.830. The maximum absolute atomic E-state index is 7.74. The zero-order valence-electron chi connectivity index (χ0n) is 35.3. The van der Waals surface area contributed by atoms with Gasteiger partial charge in [-0.3, -0.25) is 0 Å². The van der Waals surface area contributed by atoms with Crippen molar-refractivity contribution < 1.29 is 23.7 Å². The van der Waals surface area contributed by atoms with Gasteiger partial charge in [0, 0.05) is 10.8 Å². The van der Waals surface area contributed by atoms with Crippen LogP contribution in [0.25, 0.3) is 0 Å². The highest BCUT2D eigenvalue weighted by Crippen LogP contribution is 2.41. The zero-order chi connectivity index (χ0) is 40.7. The van der Waals surface area contributed by atoms with Gasteiger partial charge in [-0.25, -0.2) is 0 Å². The molecular weight excluding hydrogens is 705 g/mol. The van der Waals surface area contributed by atoms with Gasteiger partial charge < -0.3 is 23.7 Å². The molecule has 0 aliphatic carbocycles. The molecule has 2 unspecified atom stereocenters. The van der Waals surface area contributed by atoms with Gasteiger partial charge in [-0.2, -0.15) is 0 Å². The monoisotopic (exact) mass is 762 g/mol. The zero-order valence-corrected chi connectivity index (χ0v) is 35.3. The Balaban J connectivity index is 1.44. The second-order valence-corrected chi connectivity index (χ2v) is 16.4. The Labute approximate surface area is 340 Å². The molecule has 5 heteroatoms. The number of hydrogen-bond donors (Lipinski definition) is 0. The molecule has 0 aliphatic rings. The first-order chi connectivity index (χ1) is 27.3. The van der Waals surface area contributed by atoms with Crippen LogP contribution in [0.3, 0.4) is 0 Å². The Morgan fingerprint density at radius 3 is 1.09 bits per heavy atom. The molecule has 0 radical (unpaired) electrons. The molecule has 0 saturated carbocycles. The lowest BCUT2D eigenvalue weighted by Crippen LogP contribution is -2.46. The van der Waals surface area contributed by atoms with E-state index >= 15 is 0 Å². The van der Waals surface area contributed by atoms with Gasteiger partial charge in [-0.05, 0) is 134 Å². The highest BCUT2D eigenvalue weighted by Gasteiger charge is 2.40. The molecule has 0 aromatic heterocycles. The summed E-state index contributed by atoms with van der Waals surface area (Å²) in [5.41, 5.74) is 8.25. The van der Waals surface area contributed by atoms with Gasteiger partial charge in [0.15, 0.2) is 0 Å². The van der Waals surface area contributed by atoms with E-state index in [2.05, 4.69) is 116 Å². The molecule has 57 heavy (non-hydrogen) atoms. The van der Waals surface area contributed by atoms with Crippen molar-refractivity contribution in [2.75, 3.05) is 14.2 Å². The second-order valence-electron chi connectivity index (χ2n) is 16.4. The molecule has 6 rings (SSSR count). The summed E-state index contributed by atoms with van der Waals surface area (Å²) in [7, 11) is 3.48. The standard InChI is InChI=1S/C52H58O5/c1-35-27-41(28-36(2)49(35)53-9)51(5,6)47(33-39-19-17-25-45(31-39)55-43-21-13-11-14-22-43)57-48(52(7,8)42-29-37(3)50(54-10)38(4)30-42)34-40-20-18-26-46(32-40)56-44-23-15-12-16-24-44/h11-32,47-48H,33-34H2,1-10H3. The molecule has 2 atom stereocenters. The number of ether oxygens (including phenoxy) is 5. The third kappa shape index (κ3) is 9.72. The fourth-order valence-electron chi connectivity index (χ4n) is 7.95. The number of hydrogen-bond acceptors (Lipinski definition) is 5. The van der Waals surface area contributed by atoms with Crippen LogP contribution in [0.1, 0.15) is 72.2 Å². The topological polar surface area (TPSA) is 46.2 Å². The molecule has 0 N–H and O–H groups in total. The summed E-state index contributed by atoms with van der Waals surface area (Å²) in [6.45, 7) is 17.7. The van der Waals surface area contributed by atoms with Crippen molar-refractivity contribution in [3.63, 3.8) is 0 Å². The summed E-state index contributed by atoms with van der Waals surface area (Å²) in [5, 5.41) is 0. The fraction of sp³-hybridized carbons (Fsp3) is 0.308. The number of methoxy groups -OCH3 is 2. The molecular formula is C52H58O5. The maximum atomic E-state index is 7.74. The molecule has 296 valence electrons. The van der Waals surface area contributed by atoms with E-state index in [1.54, 1.807) is 14.2 Å². The van der Waals surface area contributed by atoms with Gasteiger partial charge in [-0.15, -0.1) is 0 Å². The molecule has 0 bridgehead atoms. The lowest BCUT2D eigenvalue weighted by molar-refractivity contribution is -0.0753. The van der Waals surface area contributed by atoms with Crippen molar-refractivity contribution in [2.24, 2.45) is 0 Å². The summed E-state index contributed by atoms with van der Waals surface area (Å²) >= 11 is 0. The normalized spacial score (nSPS) is 12.8. The Hall–Kier alpha value is -5.52. The van der Waals surface area contributed by atoms with Crippen molar-refractivity contribution in [1.29, 1.82) is 0 Å². The second kappa shape index (κ2) is 17.7. The van der Waals surface area contributed by atoms with E-state index in [-0.39, 0.29) is 12.2 Å². The van der Waals surface area contributed by atoms with Gasteiger partial charge in [0.1, 0.15) is 34.5 Å². The van der Waals surface area contributed by atoms with Crippen LogP contribution in [0.5, 0.6) is 34.5 Å². The lowest BCUT2D eigenvalue weighted by Gasteiger charge is -2.43. The summed E-state index contributed by atoms with van der Waals surface area (Å²) in [4.78, 5) is 0. The third-order valence-electron chi connectivity index (χ3n) is 11.4. The Kier molecular flexibility index (Phi) is 12.8. The number of aryl methyl sites for hydroxylation is 4. The van der Waals surface area contributed by atoms with Gasteiger partial charge in [0.25, 0.3) is 0 Å². The van der Waals surface area contributed by atoms with E-state index in [0.717, 1.165) is 67.9 Å². The molecule has 0 heterocycles.